The summed E-state index contributed by atoms with van der Waals surface area (Å²) in [6.45, 7) is 5.95. The van der Waals surface area contributed by atoms with Gasteiger partial charge in [0.1, 0.15) is 0 Å². The Balaban J connectivity index is 1.66. The molecule has 0 fully saturated rings. The molecule has 0 saturated carbocycles. The number of benzene rings is 1. The lowest BCUT2D eigenvalue weighted by molar-refractivity contribution is 0.570. The van der Waals surface area contributed by atoms with E-state index in [-0.39, 0.29) is 0 Å². The Hall–Kier alpha value is -1.88. The van der Waals surface area contributed by atoms with Gasteiger partial charge in [-0.25, -0.2) is 0 Å². The molecule has 0 aliphatic rings. The van der Waals surface area contributed by atoms with Gasteiger partial charge in [0.05, 0.1) is 5.69 Å². The van der Waals surface area contributed by atoms with E-state index in [0.717, 1.165) is 37.3 Å². The topological polar surface area (TPSA) is 41.9 Å². The molecular formula is C18H26N4S. The number of hydrogen-bond donors (Lipinski definition) is 2. The first-order valence-electron chi connectivity index (χ1n) is 8.31. The molecule has 1 heterocycles. The van der Waals surface area contributed by atoms with E-state index >= 15 is 0 Å². The third kappa shape index (κ3) is 6.40. The Morgan fingerprint density at radius 2 is 1.96 bits per heavy atom. The van der Waals surface area contributed by atoms with Crippen molar-refractivity contribution in [3.05, 3.63) is 47.8 Å². The number of aromatic nitrogens is 2. The summed E-state index contributed by atoms with van der Waals surface area (Å²) in [6, 6.07) is 10.5. The van der Waals surface area contributed by atoms with Crippen LogP contribution in [0.1, 0.15) is 37.4 Å². The van der Waals surface area contributed by atoms with Crippen LogP contribution in [0.4, 0.5) is 5.69 Å². The smallest absolute Gasteiger partial charge is 0.170 e. The quantitative estimate of drug-likeness (QED) is 0.569. The minimum absolute atomic E-state index is 0.669. The van der Waals surface area contributed by atoms with Crippen LogP contribution in [0.2, 0.25) is 0 Å². The van der Waals surface area contributed by atoms with Crippen LogP contribution in [0, 0.1) is 6.92 Å². The van der Waals surface area contributed by atoms with E-state index in [1.165, 1.54) is 18.4 Å². The van der Waals surface area contributed by atoms with Gasteiger partial charge in [0.2, 0.25) is 0 Å². The predicted molar refractivity (Wildman–Crippen MR) is 101 cm³/mol. The summed E-state index contributed by atoms with van der Waals surface area (Å²) in [6.07, 6.45) is 6.60. The SMILES string of the molecule is CCCCc1ccc(NC(=S)NCCCn2ccc(C)n2)cc1. The van der Waals surface area contributed by atoms with Crippen molar-refractivity contribution in [3.8, 4) is 0 Å². The van der Waals surface area contributed by atoms with Crippen molar-refractivity contribution >= 4 is 23.0 Å². The van der Waals surface area contributed by atoms with Crippen LogP contribution in [0.5, 0.6) is 0 Å². The zero-order chi connectivity index (χ0) is 16.5. The van der Waals surface area contributed by atoms with Gasteiger partial charge in [0, 0.05) is 25.0 Å². The first kappa shape index (κ1) is 17.5. The van der Waals surface area contributed by atoms with Gasteiger partial charge >= 0.3 is 0 Å². The molecule has 2 N–H and O–H groups in total. The van der Waals surface area contributed by atoms with Gasteiger partial charge in [-0.2, -0.15) is 5.10 Å². The number of nitrogens with one attached hydrogen (secondary N) is 2. The molecule has 23 heavy (non-hydrogen) atoms. The van der Waals surface area contributed by atoms with E-state index in [1.807, 2.05) is 23.9 Å². The van der Waals surface area contributed by atoms with Crippen molar-refractivity contribution in [1.29, 1.82) is 0 Å². The van der Waals surface area contributed by atoms with E-state index in [1.54, 1.807) is 0 Å². The molecule has 0 radical (unpaired) electrons. The summed E-state index contributed by atoms with van der Waals surface area (Å²) in [5.41, 5.74) is 3.47. The third-order valence-corrected chi connectivity index (χ3v) is 3.90. The largest absolute Gasteiger partial charge is 0.362 e. The molecule has 0 unspecified atom stereocenters. The molecule has 0 spiro atoms. The average molecular weight is 331 g/mol. The van der Waals surface area contributed by atoms with E-state index in [2.05, 4.69) is 46.9 Å². The van der Waals surface area contributed by atoms with Gasteiger partial charge < -0.3 is 10.6 Å². The predicted octanol–water partition coefficient (Wildman–Crippen LogP) is 3.91. The summed E-state index contributed by atoms with van der Waals surface area (Å²) >= 11 is 5.33. The third-order valence-electron chi connectivity index (χ3n) is 3.65. The molecule has 2 rings (SSSR count). The molecule has 5 heteroatoms. The Morgan fingerprint density at radius 1 is 1.17 bits per heavy atom. The maximum Gasteiger partial charge on any atom is 0.170 e. The Kier molecular flexibility index (Phi) is 7.07. The molecule has 0 saturated heterocycles. The molecule has 0 aliphatic heterocycles. The number of anilines is 1. The molecule has 0 atom stereocenters. The van der Waals surface area contributed by atoms with E-state index in [0.29, 0.717) is 5.11 Å². The highest BCUT2D eigenvalue weighted by molar-refractivity contribution is 7.80. The molecule has 0 bridgehead atoms. The van der Waals surface area contributed by atoms with Crippen molar-refractivity contribution in [2.24, 2.45) is 0 Å². The van der Waals surface area contributed by atoms with Gasteiger partial charge in [-0.1, -0.05) is 25.5 Å². The minimum Gasteiger partial charge on any atom is -0.362 e. The summed E-state index contributed by atoms with van der Waals surface area (Å²) in [5, 5.41) is 11.5. The Labute approximate surface area is 144 Å². The summed E-state index contributed by atoms with van der Waals surface area (Å²) in [4.78, 5) is 0. The van der Waals surface area contributed by atoms with Crippen LogP contribution in [0.15, 0.2) is 36.5 Å². The number of aryl methyl sites for hydroxylation is 3. The standard InChI is InChI=1S/C18H26N4S/c1-3-4-6-16-7-9-17(10-8-16)20-18(23)19-12-5-13-22-14-11-15(2)21-22/h7-11,14H,3-6,12-13H2,1-2H3,(H2,19,20,23). The second kappa shape index (κ2) is 9.30. The number of nitrogens with zero attached hydrogens (tertiary/aromatic N) is 2. The molecule has 2 aromatic rings. The molecule has 0 amide bonds. The summed E-state index contributed by atoms with van der Waals surface area (Å²) in [7, 11) is 0. The Bertz CT molecular complexity index is 604. The van der Waals surface area contributed by atoms with Crippen LogP contribution in [-0.4, -0.2) is 21.4 Å². The lowest BCUT2D eigenvalue weighted by Crippen LogP contribution is -2.29. The highest BCUT2D eigenvalue weighted by Crippen LogP contribution is 2.11. The summed E-state index contributed by atoms with van der Waals surface area (Å²) < 4.78 is 1.96. The molecule has 4 nitrogen and oxygen atoms in total. The van der Waals surface area contributed by atoms with Crippen molar-refractivity contribution in [2.45, 2.75) is 46.1 Å². The lowest BCUT2D eigenvalue weighted by atomic mass is 10.1. The second-order valence-electron chi connectivity index (χ2n) is 5.76. The molecule has 0 aliphatic carbocycles. The molecule has 1 aromatic heterocycles. The lowest BCUT2D eigenvalue weighted by Gasteiger charge is -2.11. The maximum atomic E-state index is 5.33. The van der Waals surface area contributed by atoms with E-state index in [4.69, 9.17) is 12.2 Å². The zero-order valence-corrected chi connectivity index (χ0v) is 14.8. The maximum absolute atomic E-state index is 5.33. The highest BCUT2D eigenvalue weighted by Gasteiger charge is 1.99. The monoisotopic (exact) mass is 330 g/mol. The fourth-order valence-electron chi connectivity index (χ4n) is 2.34. The van der Waals surface area contributed by atoms with E-state index in [9.17, 15) is 0 Å². The molecule has 124 valence electrons. The summed E-state index contributed by atoms with van der Waals surface area (Å²) in [5.74, 6) is 0. The van der Waals surface area contributed by atoms with Crippen LogP contribution in [0.3, 0.4) is 0 Å². The highest BCUT2D eigenvalue weighted by atomic mass is 32.1. The second-order valence-corrected chi connectivity index (χ2v) is 6.16. The van der Waals surface area contributed by atoms with E-state index < -0.39 is 0 Å². The molecule has 1 aromatic carbocycles. The van der Waals surface area contributed by atoms with Crippen molar-refractivity contribution < 1.29 is 0 Å². The van der Waals surface area contributed by atoms with Gasteiger partial charge in [-0.15, -0.1) is 0 Å². The number of thiocarbonyl (C=S) groups is 1. The Morgan fingerprint density at radius 3 is 2.61 bits per heavy atom. The van der Waals surface area contributed by atoms with Crippen LogP contribution in [0.25, 0.3) is 0 Å². The fourth-order valence-corrected chi connectivity index (χ4v) is 2.56. The van der Waals surface area contributed by atoms with Gasteiger partial charge in [-0.3, -0.25) is 4.68 Å². The minimum atomic E-state index is 0.669. The first-order valence-corrected chi connectivity index (χ1v) is 8.72. The fraction of sp³-hybridized carbons (Fsp3) is 0.444. The average Bonchev–Trinajstić information content (AvgIpc) is 2.96. The molecular weight excluding hydrogens is 304 g/mol. The van der Waals surface area contributed by atoms with Crippen LogP contribution in [-0.2, 0) is 13.0 Å². The van der Waals surface area contributed by atoms with Gasteiger partial charge in [0.15, 0.2) is 5.11 Å². The normalized spacial score (nSPS) is 10.5. The first-order chi connectivity index (χ1) is 11.2. The van der Waals surface area contributed by atoms with Gasteiger partial charge in [0.25, 0.3) is 0 Å². The zero-order valence-electron chi connectivity index (χ0n) is 14.0. The van der Waals surface area contributed by atoms with Crippen molar-refractivity contribution in [2.75, 3.05) is 11.9 Å². The van der Waals surface area contributed by atoms with Crippen molar-refractivity contribution in [3.63, 3.8) is 0 Å². The van der Waals surface area contributed by atoms with Gasteiger partial charge in [-0.05, 0) is 62.2 Å². The number of hydrogen-bond acceptors (Lipinski definition) is 2. The number of rotatable bonds is 8. The van der Waals surface area contributed by atoms with Crippen LogP contribution < -0.4 is 10.6 Å². The van der Waals surface area contributed by atoms with Crippen molar-refractivity contribution in [1.82, 2.24) is 15.1 Å². The van der Waals surface area contributed by atoms with Crippen LogP contribution >= 0.6 is 12.2 Å². The number of unbranched alkanes of at least 4 members (excludes halogenated alkanes) is 1.